The molecule has 10 nitrogen and oxygen atoms in total. The van der Waals surface area contributed by atoms with Gasteiger partial charge in [-0.25, -0.2) is 14.8 Å². The van der Waals surface area contributed by atoms with Gasteiger partial charge in [-0.1, -0.05) is 101 Å². The molecule has 2 aromatic heterocycles. The van der Waals surface area contributed by atoms with Gasteiger partial charge in [0.05, 0.1) is 18.0 Å². The number of hydrogen-bond donors (Lipinski definition) is 0. The van der Waals surface area contributed by atoms with E-state index < -0.39 is 0 Å². The molecule has 11 heteroatoms. The molecule has 0 radical (unpaired) electrons. The van der Waals surface area contributed by atoms with Gasteiger partial charge in [0.1, 0.15) is 34.6 Å². The van der Waals surface area contributed by atoms with Crippen molar-refractivity contribution < 1.29 is 38.4 Å². The van der Waals surface area contributed by atoms with Crippen molar-refractivity contribution in [2.45, 2.75) is 111 Å². The van der Waals surface area contributed by atoms with Crippen LogP contribution in [0.1, 0.15) is 103 Å². The molecule has 0 bridgehead atoms. The molecule has 8 rings (SSSR count). The standard InChI is InChI=1S/2C30H30N3O2.Zn/c1-16-10-19(4)28(20(5)11-16)34-26-14-18(3)24(32-26)15-25-23(8)27(31-9)30(33-25)35-29-21(6)12-17(2)13-22(29)7;1-16-9-19(4)28(20(5)10-16)34-27-13-18(3)25(32-27)14-26-23(8)24(15-31)30(33-26)35-29-21(6)11-17(2)12-22(29)7;/h10-15H,1-8H3;9-14H,1-8H3;/q2*-1;+2/b24-15-;26-14-;. The Hall–Kier alpha value is -7.46. The van der Waals surface area contributed by atoms with Gasteiger partial charge in [0.15, 0.2) is 0 Å². The van der Waals surface area contributed by atoms with Gasteiger partial charge in [0.25, 0.3) is 0 Å². The maximum atomic E-state index is 9.81. The number of hydrogen-bond acceptors (Lipinski definition) is 7. The Morgan fingerprint density at radius 1 is 0.521 bits per heavy atom. The van der Waals surface area contributed by atoms with Gasteiger partial charge in [0.2, 0.25) is 17.5 Å². The number of allylic oxidation sites excluding steroid dienone is 2. The molecule has 71 heavy (non-hydrogen) atoms. The van der Waals surface area contributed by atoms with E-state index >= 15 is 0 Å². The molecule has 0 saturated carbocycles. The molecule has 6 aromatic rings. The second-order valence-corrected chi connectivity index (χ2v) is 18.7. The third-order valence-corrected chi connectivity index (χ3v) is 12.3. The SMILES string of the molecule is CC1=C(C#N)C(Oc2c(C)cc(C)cc2C)=N/C1=C\c1[n-]c(Oc2c(C)cc(C)cc2C)cc1C.[C-]#[N+]c1c(Oc2c(C)cc(C)cc2C)[n-]c(/C=C2\N=C(Oc3c(C)cc(C)cc3C)C=C2C)c1C.[Zn+2]. The molecule has 2 aliphatic heterocycles. The van der Waals surface area contributed by atoms with E-state index in [2.05, 4.69) is 97.1 Å². The zero-order valence-corrected chi connectivity index (χ0v) is 46.9. The summed E-state index contributed by atoms with van der Waals surface area (Å²) in [5.41, 5.74) is 20.3. The van der Waals surface area contributed by atoms with Crippen LogP contribution in [0.2, 0.25) is 0 Å². The van der Waals surface area contributed by atoms with Crippen molar-refractivity contribution in [3.05, 3.63) is 189 Å². The van der Waals surface area contributed by atoms with Crippen LogP contribution in [0, 0.1) is 115 Å². The number of nitriles is 1. The van der Waals surface area contributed by atoms with E-state index in [0.29, 0.717) is 46.2 Å². The fourth-order valence-corrected chi connectivity index (χ4v) is 9.12. The van der Waals surface area contributed by atoms with Crippen molar-refractivity contribution in [1.82, 2.24) is 9.97 Å². The van der Waals surface area contributed by atoms with Gasteiger partial charge in [0, 0.05) is 17.8 Å². The second-order valence-electron chi connectivity index (χ2n) is 18.7. The number of aryl methyl sites for hydroxylation is 13. The van der Waals surface area contributed by atoms with Crippen molar-refractivity contribution in [3.63, 3.8) is 0 Å². The molecule has 356 valence electrons. The minimum Gasteiger partial charge on any atom is -0.638 e. The number of benzene rings is 4. The van der Waals surface area contributed by atoms with Gasteiger partial charge in [-0.05, 0) is 166 Å². The van der Waals surface area contributed by atoms with Crippen molar-refractivity contribution in [2.24, 2.45) is 9.98 Å². The van der Waals surface area contributed by atoms with E-state index in [1.165, 1.54) is 22.3 Å². The normalized spacial score (nSPS) is 14.0. The summed E-state index contributed by atoms with van der Waals surface area (Å²) in [5, 5.41) is 9.81. The molecule has 4 aromatic carbocycles. The summed E-state index contributed by atoms with van der Waals surface area (Å²) >= 11 is 0. The quantitative estimate of drug-likeness (QED) is 0.110. The summed E-state index contributed by atoms with van der Waals surface area (Å²) in [6.07, 6.45) is 5.70. The maximum Gasteiger partial charge on any atom is 2.00 e. The van der Waals surface area contributed by atoms with Crippen molar-refractivity contribution in [1.29, 1.82) is 5.26 Å². The largest absolute Gasteiger partial charge is 2.00 e. The van der Waals surface area contributed by atoms with E-state index in [1.807, 2.05) is 107 Å². The minimum atomic E-state index is 0. The first-order chi connectivity index (χ1) is 33.1. The van der Waals surface area contributed by atoms with Crippen molar-refractivity contribution >= 4 is 29.6 Å². The van der Waals surface area contributed by atoms with Crippen LogP contribution in [-0.2, 0) is 19.5 Å². The Morgan fingerprint density at radius 2 is 0.958 bits per heavy atom. The molecule has 2 aliphatic rings. The average molecular weight is 995 g/mol. The minimum absolute atomic E-state index is 0. The average Bonchev–Trinajstić information content (AvgIpc) is 3.98. The molecule has 0 fully saturated rings. The molecule has 0 aliphatic carbocycles. The number of aliphatic imine (C=N–C) groups is 2. The molecule has 0 saturated heterocycles. The Kier molecular flexibility index (Phi) is 16.2. The van der Waals surface area contributed by atoms with E-state index in [4.69, 9.17) is 35.5 Å². The fourth-order valence-electron chi connectivity index (χ4n) is 9.12. The number of rotatable bonds is 8. The first-order valence-corrected chi connectivity index (χ1v) is 23.3. The maximum absolute atomic E-state index is 9.81. The number of nitrogens with zero attached hydrogens (tertiary/aromatic N) is 6. The molecular weight excluding hydrogens is 934 g/mol. The van der Waals surface area contributed by atoms with Crippen LogP contribution in [-0.4, -0.2) is 11.8 Å². The Labute approximate surface area is 432 Å². The van der Waals surface area contributed by atoms with Gasteiger partial charge < -0.3 is 28.9 Å². The van der Waals surface area contributed by atoms with Gasteiger partial charge in [-0.2, -0.15) is 5.26 Å². The van der Waals surface area contributed by atoms with Crippen LogP contribution in [0.4, 0.5) is 5.69 Å². The van der Waals surface area contributed by atoms with Gasteiger partial charge >= 0.3 is 19.5 Å². The summed E-state index contributed by atoms with van der Waals surface area (Å²) in [6.45, 7) is 39.9. The summed E-state index contributed by atoms with van der Waals surface area (Å²) < 4.78 is 24.7. The van der Waals surface area contributed by atoms with E-state index in [1.54, 1.807) is 0 Å². The smallest absolute Gasteiger partial charge is 0.638 e. The van der Waals surface area contributed by atoms with E-state index in [-0.39, 0.29) is 19.5 Å². The van der Waals surface area contributed by atoms with Crippen LogP contribution < -0.4 is 28.9 Å². The third kappa shape index (κ3) is 11.6. The number of ether oxygens (including phenoxy) is 4. The summed E-state index contributed by atoms with van der Waals surface area (Å²) in [6, 6.07) is 20.9. The first-order valence-electron chi connectivity index (χ1n) is 23.3. The van der Waals surface area contributed by atoms with E-state index in [0.717, 1.165) is 101 Å². The van der Waals surface area contributed by atoms with Crippen LogP contribution in [0.5, 0.6) is 34.8 Å². The monoisotopic (exact) mass is 992 g/mol. The molecule has 0 N–H and O–H groups in total. The Morgan fingerprint density at radius 3 is 1.42 bits per heavy atom. The fraction of sp³-hybridized carbons (Fsp3) is 0.267. The zero-order chi connectivity index (χ0) is 50.9. The van der Waals surface area contributed by atoms with Gasteiger partial charge in [-0.15, -0.1) is 11.4 Å². The molecule has 4 heterocycles. The van der Waals surface area contributed by atoms with Crippen LogP contribution in [0.25, 0.3) is 17.0 Å². The van der Waals surface area contributed by atoms with E-state index in [9.17, 15) is 5.26 Å². The number of aromatic nitrogens is 2. The first kappa shape index (κ1) is 52.9. The molecule has 0 amide bonds. The van der Waals surface area contributed by atoms with Crippen LogP contribution in [0.15, 0.2) is 98.8 Å². The predicted molar refractivity (Wildman–Crippen MR) is 282 cm³/mol. The topological polar surface area (TPSA) is 118 Å². The summed E-state index contributed by atoms with van der Waals surface area (Å²) in [4.78, 5) is 22.4. The van der Waals surface area contributed by atoms with Crippen LogP contribution in [0.3, 0.4) is 0 Å². The molecule has 0 unspecified atom stereocenters. The second kappa shape index (κ2) is 21.7. The third-order valence-electron chi connectivity index (χ3n) is 12.3. The van der Waals surface area contributed by atoms with Gasteiger partial charge in [-0.3, -0.25) is 0 Å². The van der Waals surface area contributed by atoms with Crippen molar-refractivity contribution in [2.75, 3.05) is 0 Å². The predicted octanol–water partition coefficient (Wildman–Crippen LogP) is 15.2. The summed E-state index contributed by atoms with van der Waals surface area (Å²) in [5.74, 6) is 4.86. The van der Waals surface area contributed by atoms with Crippen LogP contribution >= 0.6 is 0 Å². The zero-order valence-electron chi connectivity index (χ0n) is 44.0. The van der Waals surface area contributed by atoms with Crippen molar-refractivity contribution in [3.8, 4) is 40.8 Å². The molecule has 0 spiro atoms. The molecular formula is C60H60N6O4Zn. The molecule has 0 atom stereocenters. The summed E-state index contributed by atoms with van der Waals surface area (Å²) in [7, 11) is 0. The Balaban J connectivity index is 0.000000229. The Bertz CT molecular complexity index is 3320.